The molecule has 0 aromatic heterocycles. The van der Waals surface area contributed by atoms with E-state index in [4.69, 9.17) is 15.2 Å². The first-order valence-electron chi connectivity index (χ1n) is 6.39. The van der Waals surface area contributed by atoms with Crippen LogP contribution in [0.15, 0.2) is 36.4 Å². The van der Waals surface area contributed by atoms with E-state index >= 15 is 0 Å². The maximum Gasteiger partial charge on any atom is 0.135 e. The van der Waals surface area contributed by atoms with Gasteiger partial charge in [0, 0.05) is 6.04 Å². The van der Waals surface area contributed by atoms with E-state index < -0.39 is 0 Å². The summed E-state index contributed by atoms with van der Waals surface area (Å²) in [5.74, 6) is 1.61. The molecule has 0 saturated carbocycles. The average molecular weight is 275 g/mol. The third kappa shape index (κ3) is 2.91. The molecular formula is C16H18FNO2. The number of rotatable bonds is 4. The minimum atomic E-state index is -0.284. The Hall–Kier alpha value is -2.07. The van der Waals surface area contributed by atoms with Crippen LogP contribution in [0.2, 0.25) is 0 Å². The lowest BCUT2D eigenvalue weighted by molar-refractivity contribution is 0.397. The molecule has 0 aliphatic heterocycles. The maximum absolute atomic E-state index is 13.1. The SMILES string of the molecule is COc1cccc(Oc2ccc(F)cc2C)c1C(C)N. The van der Waals surface area contributed by atoms with Crippen molar-refractivity contribution in [3.63, 3.8) is 0 Å². The van der Waals surface area contributed by atoms with E-state index in [9.17, 15) is 4.39 Å². The van der Waals surface area contributed by atoms with Gasteiger partial charge in [0.05, 0.1) is 12.7 Å². The van der Waals surface area contributed by atoms with Gasteiger partial charge in [-0.15, -0.1) is 0 Å². The second kappa shape index (κ2) is 5.92. The lowest BCUT2D eigenvalue weighted by Gasteiger charge is -2.18. The van der Waals surface area contributed by atoms with Gasteiger partial charge in [-0.3, -0.25) is 0 Å². The molecule has 0 radical (unpaired) electrons. The van der Waals surface area contributed by atoms with Crippen molar-refractivity contribution in [2.45, 2.75) is 19.9 Å². The Labute approximate surface area is 118 Å². The summed E-state index contributed by atoms with van der Waals surface area (Å²) in [4.78, 5) is 0. The Bertz CT molecular complexity index is 611. The standard InChI is InChI=1S/C16H18FNO2/c1-10-9-12(17)7-8-13(10)20-15-6-4-5-14(19-3)16(15)11(2)18/h4-9,11H,18H2,1-3H3. The van der Waals surface area contributed by atoms with E-state index in [0.29, 0.717) is 17.2 Å². The van der Waals surface area contributed by atoms with Gasteiger partial charge in [0.1, 0.15) is 23.1 Å². The molecule has 2 rings (SSSR count). The second-order valence-electron chi connectivity index (χ2n) is 4.67. The molecule has 0 fully saturated rings. The molecule has 1 atom stereocenters. The summed E-state index contributed by atoms with van der Waals surface area (Å²) >= 11 is 0. The molecule has 106 valence electrons. The van der Waals surface area contributed by atoms with Crippen LogP contribution in [0.1, 0.15) is 24.1 Å². The Morgan fingerprint density at radius 2 is 1.80 bits per heavy atom. The summed E-state index contributed by atoms with van der Waals surface area (Å²) in [5, 5.41) is 0. The molecule has 2 aromatic rings. The zero-order valence-corrected chi connectivity index (χ0v) is 11.8. The third-order valence-electron chi connectivity index (χ3n) is 3.06. The molecule has 4 heteroatoms. The van der Waals surface area contributed by atoms with E-state index in [-0.39, 0.29) is 11.9 Å². The van der Waals surface area contributed by atoms with E-state index in [1.165, 1.54) is 12.1 Å². The van der Waals surface area contributed by atoms with Gasteiger partial charge < -0.3 is 15.2 Å². The van der Waals surface area contributed by atoms with Gasteiger partial charge in [-0.25, -0.2) is 4.39 Å². The molecule has 3 nitrogen and oxygen atoms in total. The number of nitrogens with two attached hydrogens (primary N) is 1. The van der Waals surface area contributed by atoms with Crippen molar-refractivity contribution in [1.82, 2.24) is 0 Å². The lowest BCUT2D eigenvalue weighted by Crippen LogP contribution is -2.08. The number of hydrogen-bond acceptors (Lipinski definition) is 3. The first-order chi connectivity index (χ1) is 9.52. The lowest BCUT2D eigenvalue weighted by atomic mass is 10.1. The van der Waals surface area contributed by atoms with Crippen molar-refractivity contribution in [2.75, 3.05) is 7.11 Å². The zero-order chi connectivity index (χ0) is 14.7. The Balaban J connectivity index is 2.43. The summed E-state index contributed by atoms with van der Waals surface area (Å²) < 4.78 is 24.3. The highest BCUT2D eigenvalue weighted by Crippen LogP contribution is 2.36. The molecule has 0 heterocycles. The van der Waals surface area contributed by atoms with Crippen molar-refractivity contribution >= 4 is 0 Å². The predicted octanol–water partition coefficient (Wildman–Crippen LogP) is 3.95. The fourth-order valence-corrected chi connectivity index (χ4v) is 2.09. The summed E-state index contributed by atoms with van der Waals surface area (Å²) in [7, 11) is 1.59. The van der Waals surface area contributed by atoms with Crippen LogP contribution in [0.3, 0.4) is 0 Å². The molecular weight excluding hydrogens is 257 g/mol. The summed E-state index contributed by atoms with van der Waals surface area (Å²) in [6, 6.07) is 9.66. The fraction of sp³-hybridized carbons (Fsp3) is 0.250. The van der Waals surface area contributed by atoms with Crippen LogP contribution in [0.25, 0.3) is 0 Å². The van der Waals surface area contributed by atoms with Crippen LogP contribution in [0.4, 0.5) is 4.39 Å². The van der Waals surface area contributed by atoms with Crippen molar-refractivity contribution < 1.29 is 13.9 Å². The summed E-state index contributed by atoms with van der Waals surface area (Å²) in [6.07, 6.45) is 0. The van der Waals surface area contributed by atoms with E-state index in [2.05, 4.69) is 0 Å². The molecule has 1 unspecified atom stereocenters. The average Bonchev–Trinajstić information content (AvgIpc) is 2.41. The van der Waals surface area contributed by atoms with E-state index in [1.54, 1.807) is 20.1 Å². The summed E-state index contributed by atoms with van der Waals surface area (Å²) in [6.45, 7) is 3.66. The van der Waals surface area contributed by atoms with Gasteiger partial charge in [-0.05, 0) is 49.7 Å². The minimum Gasteiger partial charge on any atom is -0.496 e. The molecule has 0 saturated heterocycles. The highest BCUT2D eigenvalue weighted by Gasteiger charge is 2.15. The highest BCUT2D eigenvalue weighted by atomic mass is 19.1. The topological polar surface area (TPSA) is 44.5 Å². The Morgan fingerprint density at radius 3 is 2.40 bits per heavy atom. The molecule has 0 aliphatic carbocycles. The molecule has 0 amide bonds. The first-order valence-corrected chi connectivity index (χ1v) is 6.39. The van der Waals surface area contributed by atoms with Crippen LogP contribution in [-0.4, -0.2) is 7.11 Å². The van der Waals surface area contributed by atoms with Gasteiger partial charge in [0.2, 0.25) is 0 Å². The van der Waals surface area contributed by atoms with Crippen LogP contribution in [-0.2, 0) is 0 Å². The first kappa shape index (κ1) is 14.3. The maximum atomic E-state index is 13.1. The van der Waals surface area contributed by atoms with Crippen LogP contribution in [0.5, 0.6) is 17.2 Å². The third-order valence-corrected chi connectivity index (χ3v) is 3.06. The number of aryl methyl sites for hydroxylation is 1. The largest absolute Gasteiger partial charge is 0.496 e. The van der Waals surface area contributed by atoms with Gasteiger partial charge >= 0.3 is 0 Å². The Kier molecular flexibility index (Phi) is 4.25. The second-order valence-corrected chi connectivity index (χ2v) is 4.67. The van der Waals surface area contributed by atoms with Crippen molar-refractivity contribution in [2.24, 2.45) is 5.73 Å². The molecule has 0 spiro atoms. The van der Waals surface area contributed by atoms with Gasteiger partial charge in [0.15, 0.2) is 0 Å². The van der Waals surface area contributed by atoms with Gasteiger partial charge in [0.25, 0.3) is 0 Å². The molecule has 0 aliphatic rings. The molecule has 0 bridgehead atoms. The quantitative estimate of drug-likeness (QED) is 0.918. The normalized spacial score (nSPS) is 12.1. The number of ether oxygens (including phenoxy) is 2. The smallest absolute Gasteiger partial charge is 0.135 e. The van der Waals surface area contributed by atoms with E-state index in [1.807, 2.05) is 25.1 Å². The molecule has 2 aromatic carbocycles. The van der Waals surface area contributed by atoms with Crippen LogP contribution < -0.4 is 15.2 Å². The zero-order valence-electron chi connectivity index (χ0n) is 11.8. The number of hydrogen-bond donors (Lipinski definition) is 1. The number of halogens is 1. The van der Waals surface area contributed by atoms with Crippen LogP contribution in [0, 0.1) is 12.7 Å². The van der Waals surface area contributed by atoms with Crippen molar-refractivity contribution in [1.29, 1.82) is 0 Å². The minimum absolute atomic E-state index is 0.234. The summed E-state index contributed by atoms with van der Waals surface area (Å²) in [5.41, 5.74) is 7.50. The molecule has 20 heavy (non-hydrogen) atoms. The molecule has 2 N–H and O–H groups in total. The fourth-order valence-electron chi connectivity index (χ4n) is 2.09. The predicted molar refractivity (Wildman–Crippen MR) is 76.8 cm³/mol. The Morgan fingerprint density at radius 1 is 1.10 bits per heavy atom. The van der Waals surface area contributed by atoms with E-state index in [0.717, 1.165) is 11.1 Å². The van der Waals surface area contributed by atoms with Gasteiger partial charge in [-0.1, -0.05) is 6.07 Å². The monoisotopic (exact) mass is 275 g/mol. The van der Waals surface area contributed by atoms with Crippen molar-refractivity contribution in [3.8, 4) is 17.2 Å². The number of benzene rings is 2. The van der Waals surface area contributed by atoms with Crippen molar-refractivity contribution in [3.05, 3.63) is 53.3 Å². The number of methoxy groups -OCH3 is 1. The van der Waals surface area contributed by atoms with Crippen LogP contribution >= 0.6 is 0 Å². The van der Waals surface area contributed by atoms with Gasteiger partial charge in [-0.2, -0.15) is 0 Å². The highest BCUT2D eigenvalue weighted by molar-refractivity contribution is 5.49.